The van der Waals surface area contributed by atoms with Crippen molar-refractivity contribution in [2.45, 2.75) is 26.8 Å². The molecule has 0 saturated heterocycles. The highest BCUT2D eigenvalue weighted by Gasteiger charge is 2.20. The van der Waals surface area contributed by atoms with E-state index in [2.05, 4.69) is 29.0 Å². The number of nitrogens with zero attached hydrogens (tertiary/aromatic N) is 2. The molecule has 0 saturated carbocycles. The first-order chi connectivity index (χ1) is 12.8. The van der Waals surface area contributed by atoms with Gasteiger partial charge in [-0.15, -0.1) is 11.3 Å². The van der Waals surface area contributed by atoms with Gasteiger partial charge in [0.05, 0.1) is 19.9 Å². The van der Waals surface area contributed by atoms with Gasteiger partial charge in [-0.3, -0.25) is 4.79 Å². The first kappa shape index (κ1) is 21.2. The van der Waals surface area contributed by atoms with E-state index < -0.39 is 0 Å². The molecule has 2 rings (SSSR count). The van der Waals surface area contributed by atoms with E-state index in [9.17, 15) is 4.79 Å². The fraction of sp³-hybridized carbons (Fsp3) is 0.500. The molecule has 1 atom stereocenters. The van der Waals surface area contributed by atoms with Crippen LogP contribution in [0.15, 0.2) is 18.2 Å². The molecule has 2 aromatic rings. The number of carbonyl (C=O) groups is 1. The predicted molar refractivity (Wildman–Crippen MR) is 110 cm³/mol. The van der Waals surface area contributed by atoms with Gasteiger partial charge in [-0.2, -0.15) is 0 Å². The second-order valence-corrected chi connectivity index (χ2v) is 7.99. The minimum atomic E-state index is -0.0794. The minimum Gasteiger partial charge on any atom is -0.493 e. The largest absolute Gasteiger partial charge is 0.493 e. The molecular formula is C20H29N3O3S. The van der Waals surface area contributed by atoms with Crippen molar-refractivity contribution in [2.24, 2.45) is 5.92 Å². The highest BCUT2D eigenvalue weighted by molar-refractivity contribution is 7.17. The average molecular weight is 392 g/mol. The van der Waals surface area contributed by atoms with Crippen LogP contribution in [0.5, 0.6) is 11.5 Å². The summed E-state index contributed by atoms with van der Waals surface area (Å²) >= 11 is 1.39. The Morgan fingerprint density at radius 2 is 1.89 bits per heavy atom. The van der Waals surface area contributed by atoms with E-state index in [-0.39, 0.29) is 11.9 Å². The lowest BCUT2D eigenvalue weighted by atomic mass is 10.0. The molecule has 0 radical (unpaired) electrons. The summed E-state index contributed by atoms with van der Waals surface area (Å²) in [6, 6.07) is 5.92. The molecule has 1 N–H and O–H groups in total. The number of carbonyl (C=O) groups excluding carboxylic acids is 1. The van der Waals surface area contributed by atoms with Crippen LogP contribution in [0.4, 0.5) is 0 Å². The second kappa shape index (κ2) is 9.19. The van der Waals surface area contributed by atoms with Crippen molar-refractivity contribution < 1.29 is 14.3 Å². The number of thiazole rings is 1. The molecule has 1 aromatic carbocycles. The maximum Gasteiger partial charge on any atom is 0.263 e. The number of hydrogen-bond acceptors (Lipinski definition) is 6. The maximum absolute atomic E-state index is 12.7. The van der Waals surface area contributed by atoms with E-state index in [0.29, 0.717) is 28.8 Å². The van der Waals surface area contributed by atoms with Crippen molar-refractivity contribution >= 4 is 17.2 Å². The standard InChI is InChI=1S/C20H29N3O3S/c1-12(2)15(23(4)5)11-21-19(24)18-13(3)22-20(27-18)14-8-9-16(25-6)17(10-14)26-7/h8-10,12,15H,11H2,1-7H3,(H,21,24). The lowest BCUT2D eigenvalue weighted by molar-refractivity contribution is 0.0938. The highest BCUT2D eigenvalue weighted by atomic mass is 32.1. The van der Waals surface area contributed by atoms with Gasteiger partial charge < -0.3 is 19.7 Å². The SMILES string of the molecule is COc1ccc(-c2nc(C)c(C(=O)NCC(C(C)C)N(C)C)s2)cc1OC. The topological polar surface area (TPSA) is 63.7 Å². The highest BCUT2D eigenvalue weighted by Crippen LogP contribution is 2.34. The zero-order chi connectivity index (χ0) is 20.1. The molecule has 7 heteroatoms. The van der Waals surface area contributed by atoms with Crippen LogP contribution in [-0.4, -0.2) is 56.7 Å². The third-order valence-electron chi connectivity index (χ3n) is 4.54. The molecule has 1 unspecified atom stereocenters. The summed E-state index contributed by atoms with van der Waals surface area (Å²) in [5.41, 5.74) is 1.63. The Morgan fingerprint density at radius 1 is 1.22 bits per heavy atom. The molecule has 1 heterocycles. The van der Waals surface area contributed by atoms with Crippen molar-refractivity contribution in [3.63, 3.8) is 0 Å². The van der Waals surface area contributed by atoms with Crippen LogP contribution >= 0.6 is 11.3 Å². The van der Waals surface area contributed by atoms with Gasteiger partial charge in [0.25, 0.3) is 5.91 Å². The Morgan fingerprint density at radius 3 is 2.44 bits per heavy atom. The number of benzene rings is 1. The lowest BCUT2D eigenvalue weighted by Gasteiger charge is -2.27. The fourth-order valence-electron chi connectivity index (χ4n) is 2.99. The molecule has 6 nitrogen and oxygen atoms in total. The van der Waals surface area contributed by atoms with Gasteiger partial charge in [0.15, 0.2) is 11.5 Å². The number of aryl methyl sites for hydroxylation is 1. The van der Waals surface area contributed by atoms with Crippen LogP contribution in [0.1, 0.15) is 29.2 Å². The number of methoxy groups -OCH3 is 2. The number of nitrogens with one attached hydrogen (secondary N) is 1. The Bertz CT molecular complexity index is 779. The normalized spacial score (nSPS) is 12.3. The first-order valence-electron chi connectivity index (χ1n) is 8.92. The van der Waals surface area contributed by atoms with E-state index >= 15 is 0 Å². The summed E-state index contributed by atoms with van der Waals surface area (Å²) in [7, 11) is 7.27. The molecule has 1 aromatic heterocycles. The molecular weight excluding hydrogens is 362 g/mol. The molecule has 0 fully saturated rings. The Labute approximate surface area is 165 Å². The van der Waals surface area contributed by atoms with Crippen molar-refractivity contribution in [1.29, 1.82) is 0 Å². The molecule has 0 aliphatic heterocycles. The Balaban J connectivity index is 2.19. The van der Waals surface area contributed by atoms with Gasteiger partial charge in [-0.1, -0.05) is 13.8 Å². The van der Waals surface area contributed by atoms with Crippen LogP contribution in [0.2, 0.25) is 0 Å². The molecule has 0 aliphatic rings. The van der Waals surface area contributed by atoms with Crippen molar-refractivity contribution in [1.82, 2.24) is 15.2 Å². The zero-order valence-corrected chi connectivity index (χ0v) is 17.9. The average Bonchev–Trinajstić information content (AvgIpc) is 3.02. The monoisotopic (exact) mass is 391 g/mol. The smallest absolute Gasteiger partial charge is 0.263 e. The minimum absolute atomic E-state index is 0.0794. The van der Waals surface area contributed by atoms with Crippen LogP contribution in [-0.2, 0) is 0 Å². The van der Waals surface area contributed by atoms with Crippen molar-refractivity contribution in [3.8, 4) is 22.1 Å². The molecule has 0 spiro atoms. The predicted octanol–water partition coefficient (Wildman–Crippen LogP) is 3.45. The van der Waals surface area contributed by atoms with Gasteiger partial charge >= 0.3 is 0 Å². The Kier molecular flexibility index (Phi) is 7.21. The quantitative estimate of drug-likeness (QED) is 0.747. The molecule has 27 heavy (non-hydrogen) atoms. The molecule has 1 amide bonds. The second-order valence-electron chi connectivity index (χ2n) is 6.99. The number of hydrogen-bond donors (Lipinski definition) is 1. The van der Waals surface area contributed by atoms with E-state index in [1.165, 1.54) is 11.3 Å². The van der Waals surface area contributed by atoms with Crippen molar-refractivity contribution in [3.05, 3.63) is 28.8 Å². The number of amides is 1. The van der Waals surface area contributed by atoms with Gasteiger partial charge in [-0.25, -0.2) is 4.98 Å². The third-order valence-corrected chi connectivity index (χ3v) is 5.74. The summed E-state index contributed by atoms with van der Waals surface area (Å²) in [5, 5.41) is 3.84. The van der Waals surface area contributed by atoms with Gasteiger partial charge in [0.2, 0.25) is 0 Å². The van der Waals surface area contributed by atoms with E-state index in [1.54, 1.807) is 14.2 Å². The lowest BCUT2D eigenvalue weighted by Crippen LogP contribution is -2.43. The molecule has 148 valence electrons. The van der Waals surface area contributed by atoms with Gasteiger partial charge in [0, 0.05) is 18.2 Å². The Hall–Kier alpha value is -2.12. The summed E-state index contributed by atoms with van der Waals surface area (Å²) in [6.07, 6.45) is 0. The fourth-order valence-corrected chi connectivity index (χ4v) is 3.97. The number of likely N-dealkylation sites (N-methyl/N-ethyl adjacent to an activating group) is 1. The van der Waals surface area contributed by atoms with Crippen LogP contribution < -0.4 is 14.8 Å². The molecule has 0 bridgehead atoms. The van der Waals surface area contributed by atoms with Crippen LogP contribution in [0, 0.1) is 12.8 Å². The van der Waals surface area contributed by atoms with E-state index in [1.807, 2.05) is 39.2 Å². The van der Waals surface area contributed by atoms with Crippen LogP contribution in [0.3, 0.4) is 0 Å². The van der Waals surface area contributed by atoms with Gasteiger partial charge in [-0.05, 0) is 45.1 Å². The van der Waals surface area contributed by atoms with Gasteiger partial charge in [0.1, 0.15) is 9.88 Å². The maximum atomic E-state index is 12.7. The molecule has 0 aliphatic carbocycles. The van der Waals surface area contributed by atoms with Crippen molar-refractivity contribution in [2.75, 3.05) is 34.9 Å². The van der Waals surface area contributed by atoms with E-state index in [4.69, 9.17) is 9.47 Å². The third kappa shape index (κ3) is 4.99. The number of aromatic nitrogens is 1. The summed E-state index contributed by atoms with van der Waals surface area (Å²) in [4.78, 5) is 20.0. The van der Waals surface area contributed by atoms with E-state index in [0.717, 1.165) is 16.3 Å². The zero-order valence-electron chi connectivity index (χ0n) is 17.1. The first-order valence-corrected chi connectivity index (χ1v) is 9.74. The summed E-state index contributed by atoms with van der Waals surface area (Å²) in [5.74, 6) is 1.67. The summed E-state index contributed by atoms with van der Waals surface area (Å²) in [6.45, 7) is 6.78. The van der Waals surface area contributed by atoms with Crippen LogP contribution in [0.25, 0.3) is 10.6 Å². The number of rotatable bonds is 8. The summed E-state index contributed by atoms with van der Waals surface area (Å²) < 4.78 is 10.6. The number of ether oxygens (including phenoxy) is 2.